The minimum absolute atomic E-state index is 0.435. The second-order valence-electron chi connectivity index (χ2n) is 11.5. The Kier molecular flexibility index (Phi) is 8.67. The first-order valence-electron chi connectivity index (χ1n) is 15.9. The van der Waals surface area contributed by atoms with E-state index in [9.17, 15) is 5.26 Å². The third-order valence-electron chi connectivity index (χ3n) is 8.45. The van der Waals surface area contributed by atoms with E-state index >= 15 is 0 Å². The lowest BCUT2D eigenvalue weighted by atomic mass is 9.91. The summed E-state index contributed by atoms with van der Waals surface area (Å²) in [6, 6.07) is 59.8. The van der Waals surface area contributed by atoms with Crippen molar-refractivity contribution in [3.63, 3.8) is 0 Å². The Hall–Kier alpha value is -6.57. The van der Waals surface area contributed by atoms with E-state index in [-0.39, 0.29) is 0 Å². The van der Waals surface area contributed by atoms with E-state index in [4.69, 9.17) is 15.7 Å². The molecule has 2 N–H and O–H groups in total. The molecule has 4 nitrogen and oxygen atoms in total. The average molecular weight is 617 g/mol. The summed E-state index contributed by atoms with van der Waals surface area (Å²) in [4.78, 5) is 9.62. The highest BCUT2D eigenvalue weighted by Gasteiger charge is 2.11. The van der Waals surface area contributed by atoms with Crippen molar-refractivity contribution < 1.29 is 0 Å². The molecule has 0 fully saturated rings. The predicted octanol–water partition coefficient (Wildman–Crippen LogP) is 10.1. The molecule has 0 atom stereocenters. The van der Waals surface area contributed by atoms with Gasteiger partial charge in [-0.2, -0.15) is 5.26 Å². The summed E-state index contributed by atoms with van der Waals surface area (Å²) >= 11 is 0. The molecular formula is C44H32N4. The van der Waals surface area contributed by atoms with Crippen LogP contribution in [-0.2, 0) is 6.54 Å². The van der Waals surface area contributed by atoms with Crippen LogP contribution in [0.25, 0.3) is 44.2 Å². The van der Waals surface area contributed by atoms with Gasteiger partial charge >= 0.3 is 0 Å². The van der Waals surface area contributed by atoms with Gasteiger partial charge in [0, 0.05) is 11.1 Å². The van der Waals surface area contributed by atoms with Crippen molar-refractivity contribution >= 4 is 22.4 Å². The second kappa shape index (κ2) is 13.8. The van der Waals surface area contributed by atoms with Crippen molar-refractivity contribution in [3.8, 4) is 39.4 Å². The predicted molar refractivity (Wildman–Crippen MR) is 199 cm³/mol. The van der Waals surface area contributed by atoms with E-state index in [1.165, 1.54) is 21.9 Å². The van der Waals surface area contributed by atoms with Gasteiger partial charge in [0.2, 0.25) is 0 Å². The summed E-state index contributed by atoms with van der Waals surface area (Å²) in [5, 5.41) is 11.7. The van der Waals surface area contributed by atoms with Crippen LogP contribution >= 0.6 is 0 Å². The third kappa shape index (κ3) is 6.53. The van der Waals surface area contributed by atoms with Crippen molar-refractivity contribution in [1.29, 1.82) is 5.26 Å². The van der Waals surface area contributed by atoms with Crippen molar-refractivity contribution in [2.75, 3.05) is 0 Å². The van der Waals surface area contributed by atoms with Crippen molar-refractivity contribution in [3.05, 3.63) is 192 Å². The van der Waals surface area contributed by atoms with Crippen LogP contribution in [0.4, 0.5) is 0 Å². The Morgan fingerprint density at radius 1 is 0.521 bits per heavy atom. The van der Waals surface area contributed by atoms with Gasteiger partial charge in [0.25, 0.3) is 0 Å². The number of nitrogens with zero attached hydrogens (tertiary/aromatic N) is 3. The van der Waals surface area contributed by atoms with Crippen LogP contribution in [-0.4, -0.2) is 11.7 Å². The largest absolute Gasteiger partial charge is 0.383 e. The fraction of sp³-hybridized carbons (Fsp3) is 0.0227. The van der Waals surface area contributed by atoms with Crippen molar-refractivity contribution in [2.45, 2.75) is 6.54 Å². The van der Waals surface area contributed by atoms with Crippen LogP contribution in [0.15, 0.2) is 180 Å². The maximum atomic E-state index is 9.30. The first-order chi connectivity index (χ1) is 23.7. The van der Waals surface area contributed by atoms with Gasteiger partial charge < -0.3 is 5.73 Å². The second-order valence-corrected chi connectivity index (χ2v) is 11.5. The zero-order valence-electron chi connectivity index (χ0n) is 26.3. The van der Waals surface area contributed by atoms with Gasteiger partial charge in [0.15, 0.2) is 5.84 Å². The molecule has 0 aliphatic heterocycles. The first-order valence-corrected chi connectivity index (χ1v) is 15.9. The van der Waals surface area contributed by atoms with Crippen LogP contribution in [0.3, 0.4) is 0 Å². The summed E-state index contributed by atoms with van der Waals surface area (Å²) in [5.74, 6) is 1.04. The monoisotopic (exact) mass is 616 g/mol. The Bertz CT molecular complexity index is 2300. The van der Waals surface area contributed by atoms with Gasteiger partial charge in [-0.25, -0.2) is 4.99 Å². The zero-order chi connectivity index (χ0) is 32.7. The molecule has 0 aliphatic rings. The Balaban J connectivity index is 1.16. The minimum atomic E-state index is 0.435. The lowest BCUT2D eigenvalue weighted by molar-refractivity contribution is 1.06. The molecule has 7 rings (SSSR count). The van der Waals surface area contributed by atoms with Crippen molar-refractivity contribution in [1.82, 2.24) is 0 Å². The first kappa shape index (κ1) is 30.1. The molecule has 0 aliphatic carbocycles. The molecule has 0 spiro atoms. The highest BCUT2D eigenvalue weighted by Crippen LogP contribution is 2.36. The molecule has 0 unspecified atom stereocenters. The number of nitriles is 1. The highest BCUT2D eigenvalue weighted by atomic mass is 15.0. The quantitative estimate of drug-likeness (QED) is 0.143. The number of hydrogen-bond donors (Lipinski definition) is 1. The van der Waals surface area contributed by atoms with Gasteiger partial charge in [0.1, 0.15) is 5.84 Å². The molecule has 0 aromatic heterocycles. The number of benzene rings is 7. The van der Waals surface area contributed by atoms with Gasteiger partial charge in [0.05, 0.1) is 18.2 Å². The third-order valence-corrected chi connectivity index (χ3v) is 8.45. The molecule has 0 radical (unpaired) electrons. The van der Waals surface area contributed by atoms with E-state index in [0.29, 0.717) is 23.8 Å². The summed E-state index contributed by atoms with van der Waals surface area (Å²) in [6.45, 7) is 0.479. The van der Waals surface area contributed by atoms with Gasteiger partial charge in [-0.05, 0) is 61.8 Å². The molecule has 0 saturated heterocycles. The Morgan fingerprint density at radius 3 is 1.67 bits per heavy atom. The molecule has 0 heterocycles. The van der Waals surface area contributed by atoms with Crippen molar-refractivity contribution in [2.24, 2.45) is 15.7 Å². The summed E-state index contributed by atoms with van der Waals surface area (Å²) in [6.07, 6.45) is 0. The number of fused-ring (bicyclic) bond motifs is 1. The molecule has 0 amide bonds. The number of aliphatic imine (C=N–C) groups is 2. The van der Waals surface area contributed by atoms with Gasteiger partial charge in [-0.3, -0.25) is 4.99 Å². The maximum absolute atomic E-state index is 9.30. The zero-order valence-corrected chi connectivity index (χ0v) is 26.3. The van der Waals surface area contributed by atoms with Crippen LogP contribution in [0, 0.1) is 11.3 Å². The molecule has 0 bridgehead atoms. The van der Waals surface area contributed by atoms with E-state index in [1.54, 1.807) is 0 Å². The maximum Gasteiger partial charge on any atom is 0.157 e. The molecule has 0 saturated carbocycles. The number of nitrogens with two attached hydrogens (primary N) is 1. The molecule has 48 heavy (non-hydrogen) atoms. The normalized spacial score (nSPS) is 11.7. The summed E-state index contributed by atoms with van der Waals surface area (Å²) in [7, 11) is 0. The fourth-order valence-corrected chi connectivity index (χ4v) is 5.93. The number of amidine groups is 2. The lowest BCUT2D eigenvalue weighted by Crippen LogP contribution is -2.16. The highest BCUT2D eigenvalue weighted by molar-refractivity contribution is 6.11. The van der Waals surface area contributed by atoms with E-state index in [2.05, 4.69) is 91.0 Å². The van der Waals surface area contributed by atoms with E-state index < -0.39 is 0 Å². The minimum Gasteiger partial charge on any atom is -0.383 e. The SMILES string of the molecule is N#Cc1cccc(-c2ccc(-c3ccc(-c4ccc(CN=C(N=C(N)c5ccccc5)c5ccccc5)cc4)c4ccccc34)cc2)c1. The topological polar surface area (TPSA) is 74.5 Å². The van der Waals surface area contributed by atoms with E-state index in [0.717, 1.165) is 38.9 Å². The molecular weight excluding hydrogens is 585 g/mol. The summed E-state index contributed by atoms with van der Waals surface area (Å²) in [5.41, 5.74) is 16.7. The van der Waals surface area contributed by atoms with E-state index in [1.807, 2.05) is 84.9 Å². The molecule has 228 valence electrons. The summed E-state index contributed by atoms with van der Waals surface area (Å²) < 4.78 is 0. The van der Waals surface area contributed by atoms with Gasteiger partial charge in [-0.15, -0.1) is 0 Å². The fourth-order valence-electron chi connectivity index (χ4n) is 5.93. The smallest absolute Gasteiger partial charge is 0.157 e. The Labute approximate surface area is 280 Å². The number of rotatable bonds is 7. The number of hydrogen-bond acceptors (Lipinski definition) is 2. The van der Waals surface area contributed by atoms with Crippen LogP contribution in [0.2, 0.25) is 0 Å². The molecule has 7 aromatic carbocycles. The molecule has 7 aromatic rings. The molecule has 4 heteroatoms. The lowest BCUT2D eigenvalue weighted by Gasteiger charge is -2.13. The Morgan fingerprint density at radius 2 is 1.06 bits per heavy atom. The van der Waals surface area contributed by atoms with Crippen LogP contribution in [0.5, 0.6) is 0 Å². The average Bonchev–Trinajstić information content (AvgIpc) is 3.17. The standard InChI is InChI=1S/C44H32N4/c45-29-32-10-9-15-38(28-32)33-22-24-35(25-23-33)40-27-26-39(41-16-7-8-17-42(40)41)34-20-18-31(19-21-34)30-47-44(37-13-5-2-6-14-37)48-43(46)36-11-3-1-4-12-36/h1-28H,30H2,(H2,46,47,48). The van der Waals surface area contributed by atoms with Crippen LogP contribution in [0.1, 0.15) is 22.3 Å². The van der Waals surface area contributed by atoms with Crippen LogP contribution < -0.4 is 5.73 Å². The van der Waals surface area contributed by atoms with Gasteiger partial charge in [-0.1, -0.05) is 158 Å².